The fourth-order valence-corrected chi connectivity index (χ4v) is 7.78. The Balaban J connectivity index is 1.70. The average Bonchev–Trinajstić information content (AvgIpc) is 3.18. The Bertz CT molecular complexity index is 735. The average molecular weight is 315 g/mol. The molecule has 0 radical (unpaired) electrons. The van der Waals surface area contributed by atoms with Crippen molar-refractivity contribution in [3.05, 3.63) is 50.4 Å². The Hall–Kier alpha value is -1.00. The van der Waals surface area contributed by atoms with Crippen molar-refractivity contribution in [1.82, 2.24) is 4.98 Å². The maximum Gasteiger partial charge on any atom is 0.305 e. The molecule has 5 rings (SSSR count). The van der Waals surface area contributed by atoms with Gasteiger partial charge in [0.15, 0.2) is 0 Å². The van der Waals surface area contributed by atoms with Crippen molar-refractivity contribution < 1.29 is 0 Å². The van der Waals surface area contributed by atoms with Gasteiger partial charge in [-0.25, -0.2) is 0 Å². The zero-order valence-corrected chi connectivity index (χ0v) is 13.3. The van der Waals surface area contributed by atoms with Gasteiger partial charge in [0.2, 0.25) is 0 Å². The number of hydrogen-bond acceptors (Lipinski definition) is 3. The first-order chi connectivity index (χ1) is 10.3. The number of fused-ring (bicyclic) bond motifs is 6. The third kappa shape index (κ3) is 1.75. The highest BCUT2D eigenvalue weighted by Crippen LogP contribution is 2.63. The van der Waals surface area contributed by atoms with Crippen molar-refractivity contribution in [3.8, 4) is 0 Å². The SMILES string of the molecule is O=c1[nH]c2c(s1)[C@H](c1ccccc1)[C@H]1[C@@H]3CC[C@H](C3)[C@H]1S2. The van der Waals surface area contributed by atoms with Crippen molar-refractivity contribution in [2.45, 2.75) is 35.5 Å². The summed E-state index contributed by atoms with van der Waals surface area (Å²) in [7, 11) is 0. The molecule has 3 aliphatic rings. The van der Waals surface area contributed by atoms with E-state index in [2.05, 4.69) is 35.3 Å². The zero-order chi connectivity index (χ0) is 14.0. The molecule has 1 aromatic carbocycles. The van der Waals surface area contributed by atoms with E-state index in [1.165, 1.54) is 41.0 Å². The predicted molar refractivity (Wildman–Crippen MR) is 87.2 cm³/mol. The van der Waals surface area contributed by atoms with Crippen LogP contribution in [0.1, 0.15) is 35.6 Å². The summed E-state index contributed by atoms with van der Waals surface area (Å²) in [5.74, 6) is 2.90. The van der Waals surface area contributed by atoms with Crippen molar-refractivity contribution in [3.63, 3.8) is 0 Å². The number of thiazole rings is 1. The summed E-state index contributed by atoms with van der Waals surface area (Å²) in [5, 5.41) is 1.87. The Morgan fingerprint density at radius 2 is 1.90 bits per heavy atom. The lowest BCUT2D eigenvalue weighted by atomic mass is 9.75. The molecule has 2 aliphatic carbocycles. The van der Waals surface area contributed by atoms with E-state index in [1.807, 2.05) is 11.8 Å². The van der Waals surface area contributed by atoms with E-state index in [1.54, 1.807) is 0 Å². The lowest BCUT2D eigenvalue weighted by Crippen LogP contribution is -2.33. The fraction of sp³-hybridized carbons (Fsp3) is 0.471. The molecule has 0 amide bonds. The largest absolute Gasteiger partial charge is 0.307 e. The Morgan fingerprint density at radius 1 is 1.10 bits per heavy atom. The monoisotopic (exact) mass is 315 g/mol. The number of aromatic amines is 1. The van der Waals surface area contributed by atoms with Crippen LogP contribution in [0.4, 0.5) is 0 Å². The lowest BCUT2D eigenvalue weighted by Gasteiger charge is -2.40. The number of thioether (sulfide) groups is 1. The molecule has 4 heteroatoms. The van der Waals surface area contributed by atoms with Gasteiger partial charge in [-0.3, -0.25) is 4.79 Å². The van der Waals surface area contributed by atoms with Crippen molar-refractivity contribution in [2.24, 2.45) is 17.8 Å². The Kier molecular flexibility index (Phi) is 2.68. The van der Waals surface area contributed by atoms with E-state index < -0.39 is 0 Å². The highest BCUT2D eigenvalue weighted by atomic mass is 32.2. The van der Waals surface area contributed by atoms with E-state index in [9.17, 15) is 4.79 Å². The number of aromatic nitrogens is 1. The topological polar surface area (TPSA) is 32.9 Å². The maximum absolute atomic E-state index is 11.9. The molecule has 2 aromatic rings. The molecule has 0 spiro atoms. The van der Waals surface area contributed by atoms with Gasteiger partial charge in [-0.1, -0.05) is 41.7 Å². The molecule has 1 aromatic heterocycles. The summed E-state index contributed by atoms with van der Waals surface area (Å²) >= 11 is 3.40. The molecule has 5 atom stereocenters. The van der Waals surface area contributed by atoms with Gasteiger partial charge < -0.3 is 4.98 Å². The van der Waals surface area contributed by atoms with Crippen LogP contribution in [0.5, 0.6) is 0 Å². The van der Waals surface area contributed by atoms with Gasteiger partial charge in [0.05, 0.1) is 5.03 Å². The van der Waals surface area contributed by atoms with E-state index in [4.69, 9.17) is 0 Å². The van der Waals surface area contributed by atoms with E-state index >= 15 is 0 Å². The highest BCUT2D eigenvalue weighted by Gasteiger charge is 2.54. The molecular formula is C17H17NOS2. The smallest absolute Gasteiger partial charge is 0.305 e. The Labute approximate surface area is 132 Å². The van der Waals surface area contributed by atoms with Crippen molar-refractivity contribution >= 4 is 23.1 Å². The molecule has 0 unspecified atom stereocenters. The van der Waals surface area contributed by atoms with E-state index in [0.29, 0.717) is 11.2 Å². The molecule has 21 heavy (non-hydrogen) atoms. The first kappa shape index (κ1) is 12.5. The van der Waals surface area contributed by atoms with Crippen molar-refractivity contribution in [2.75, 3.05) is 0 Å². The van der Waals surface area contributed by atoms with Gasteiger partial charge in [-0.05, 0) is 42.6 Å². The fourth-order valence-electron chi connectivity index (χ4n) is 4.88. The minimum Gasteiger partial charge on any atom is -0.307 e. The molecule has 0 saturated heterocycles. The zero-order valence-electron chi connectivity index (χ0n) is 11.6. The van der Waals surface area contributed by atoms with E-state index in [0.717, 1.165) is 22.8 Å². The summed E-state index contributed by atoms with van der Waals surface area (Å²) in [5.41, 5.74) is 1.40. The second kappa shape index (κ2) is 4.50. The quantitative estimate of drug-likeness (QED) is 0.860. The summed E-state index contributed by atoms with van der Waals surface area (Å²) in [6.45, 7) is 0. The molecule has 1 N–H and O–H groups in total. The minimum atomic E-state index is 0.112. The number of rotatable bonds is 1. The molecule has 2 saturated carbocycles. The van der Waals surface area contributed by atoms with Crippen LogP contribution in [-0.2, 0) is 0 Å². The molecule has 1 aliphatic heterocycles. The normalized spacial score (nSPS) is 36.5. The van der Waals surface area contributed by atoms with E-state index in [-0.39, 0.29) is 4.87 Å². The molecular weight excluding hydrogens is 298 g/mol. The third-order valence-electron chi connectivity index (χ3n) is 5.62. The second-order valence-corrected chi connectivity index (χ2v) is 8.79. The standard InChI is InChI=1S/C17H17NOS2/c19-17-18-16-15(21-17)12(9-4-2-1-3-5-9)13-10-6-7-11(8-10)14(13)20-16/h1-5,10-14H,6-8H2,(H,18,19)/t10-,11-,12-,13-,14-/m1/s1. The van der Waals surface area contributed by atoms with Crippen LogP contribution in [0, 0.1) is 17.8 Å². The second-order valence-electron chi connectivity index (χ2n) is 6.59. The van der Waals surface area contributed by atoms with Crippen LogP contribution in [0.15, 0.2) is 40.2 Å². The Morgan fingerprint density at radius 3 is 2.76 bits per heavy atom. The lowest BCUT2D eigenvalue weighted by molar-refractivity contribution is 0.307. The van der Waals surface area contributed by atoms with Gasteiger partial charge in [0, 0.05) is 16.0 Å². The molecule has 2 nitrogen and oxygen atoms in total. The summed E-state index contributed by atoms with van der Waals surface area (Å²) in [4.78, 5) is 16.4. The van der Waals surface area contributed by atoms with Crippen LogP contribution in [0.25, 0.3) is 0 Å². The molecule has 2 fully saturated rings. The first-order valence-corrected chi connectivity index (χ1v) is 9.45. The highest BCUT2D eigenvalue weighted by molar-refractivity contribution is 8.00. The molecule has 108 valence electrons. The van der Waals surface area contributed by atoms with Crippen LogP contribution < -0.4 is 4.87 Å². The van der Waals surface area contributed by atoms with Gasteiger partial charge in [-0.15, -0.1) is 11.8 Å². The van der Waals surface area contributed by atoms with Crippen LogP contribution in [0.3, 0.4) is 0 Å². The van der Waals surface area contributed by atoms with Crippen LogP contribution >= 0.6 is 23.1 Å². The predicted octanol–water partition coefficient (Wildman–Crippen LogP) is 4.09. The summed E-state index contributed by atoms with van der Waals surface area (Å²) in [6.07, 6.45) is 4.19. The van der Waals surface area contributed by atoms with Gasteiger partial charge in [0.25, 0.3) is 0 Å². The van der Waals surface area contributed by atoms with Gasteiger partial charge in [-0.2, -0.15) is 0 Å². The maximum atomic E-state index is 11.9. The van der Waals surface area contributed by atoms with Crippen LogP contribution in [0.2, 0.25) is 0 Å². The molecule has 2 bridgehead atoms. The first-order valence-electron chi connectivity index (χ1n) is 7.76. The van der Waals surface area contributed by atoms with Crippen LogP contribution in [-0.4, -0.2) is 10.2 Å². The van der Waals surface area contributed by atoms with Crippen molar-refractivity contribution in [1.29, 1.82) is 0 Å². The number of benzene rings is 1. The molecule has 2 heterocycles. The number of H-pyrrole nitrogens is 1. The van der Waals surface area contributed by atoms with Gasteiger partial charge in [0.1, 0.15) is 0 Å². The van der Waals surface area contributed by atoms with Gasteiger partial charge >= 0.3 is 4.87 Å². The summed E-state index contributed by atoms with van der Waals surface area (Å²) < 4.78 is 0. The number of hydrogen-bond donors (Lipinski definition) is 1. The summed E-state index contributed by atoms with van der Waals surface area (Å²) in [6, 6.07) is 10.8. The minimum absolute atomic E-state index is 0.112. The number of nitrogens with one attached hydrogen (secondary N) is 1. The third-order valence-corrected chi connectivity index (χ3v) is 8.25.